The van der Waals surface area contributed by atoms with E-state index in [1.54, 1.807) is 31.2 Å². The maximum absolute atomic E-state index is 14.6. The largest absolute Gasteiger partial charge is 0.335 e. The topological polar surface area (TPSA) is 88.9 Å². The van der Waals surface area contributed by atoms with Gasteiger partial charge in [-0.2, -0.15) is 0 Å². The van der Waals surface area contributed by atoms with Crippen molar-refractivity contribution in [1.29, 1.82) is 0 Å². The van der Waals surface area contributed by atoms with Crippen LogP contribution in [0.1, 0.15) is 19.8 Å². The number of hydrogen-bond donors (Lipinski definition) is 2. The van der Waals surface area contributed by atoms with Crippen molar-refractivity contribution in [3.05, 3.63) is 60.2 Å². The molecule has 0 unspecified atom stereocenters. The second-order valence-electron chi connectivity index (χ2n) is 7.10. The summed E-state index contributed by atoms with van der Waals surface area (Å²) >= 11 is 1.01. The third kappa shape index (κ3) is 4.91. The van der Waals surface area contributed by atoms with Crippen molar-refractivity contribution in [2.75, 3.05) is 0 Å². The zero-order valence-electron chi connectivity index (χ0n) is 16.5. The van der Waals surface area contributed by atoms with Crippen molar-refractivity contribution in [3.8, 4) is 17.1 Å². The number of imide groups is 1. The number of urea groups is 1. The third-order valence-corrected chi connectivity index (χ3v) is 5.66. The molecule has 7 nitrogen and oxygen atoms in total. The van der Waals surface area contributed by atoms with Crippen molar-refractivity contribution < 1.29 is 18.4 Å². The van der Waals surface area contributed by atoms with Crippen molar-refractivity contribution in [2.45, 2.75) is 36.2 Å². The third-order valence-electron chi connectivity index (χ3n) is 4.62. The maximum atomic E-state index is 14.6. The summed E-state index contributed by atoms with van der Waals surface area (Å²) in [4.78, 5) is 24.3. The van der Waals surface area contributed by atoms with Gasteiger partial charge in [-0.05, 0) is 31.9 Å². The Morgan fingerprint density at radius 1 is 1.13 bits per heavy atom. The molecule has 1 aliphatic rings. The Bertz CT molecular complexity index is 1120. The second-order valence-corrected chi connectivity index (χ2v) is 8.41. The van der Waals surface area contributed by atoms with Crippen LogP contribution in [0.15, 0.2) is 53.7 Å². The van der Waals surface area contributed by atoms with E-state index in [1.165, 1.54) is 10.6 Å². The van der Waals surface area contributed by atoms with Gasteiger partial charge >= 0.3 is 6.03 Å². The Morgan fingerprint density at radius 2 is 1.87 bits per heavy atom. The minimum absolute atomic E-state index is 0.0480. The van der Waals surface area contributed by atoms with Crippen LogP contribution in [0.25, 0.3) is 17.1 Å². The molecule has 1 aliphatic carbocycles. The average Bonchev–Trinajstić information content (AvgIpc) is 3.46. The Hall–Kier alpha value is -3.27. The summed E-state index contributed by atoms with van der Waals surface area (Å²) < 4.78 is 29.5. The molecule has 160 valence electrons. The predicted octanol–water partition coefficient (Wildman–Crippen LogP) is 3.68. The standard InChI is InChI=1S/C21H19F2N5O2S/c1-12(19(29)25-20(30)24-15-8-9-15)31-21-27-26-18(13-5-3-2-4-6-13)28(21)17-10-7-14(22)11-16(17)23/h2-7,10-12,15H,8-9H2,1H3,(H2,24,25,29,30)/t12-/m1/s1. The van der Waals surface area contributed by atoms with Crippen LogP contribution in [0.3, 0.4) is 0 Å². The van der Waals surface area contributed by atoms with Gasteiger partial charge in [0.05, 0.1) is 10.9 Å². The van der Waals surface area contributed by atoms with Crippen LogP contribution in [0.2, 0.25) is 0 Å². The van der Waals surface area contributed by atoms with Gasteiger partial charge in [-0.15, -0.1) is 10.2 Å². The first-order chi connectivity index (χ1) is 14.9. The van der Waals surface area contributed by atoms with Crippen LogP contribution in [-0.2, 0) is 4.79 Å². The maximum Gasteiger partial charge on any atom is 0.321 e. The van der Waals surface area contributed by atoms with Crippen molar-refractivity contribution in [1.82, 2.24) is 25.4 Å². The van der Waals surface area contributed by atoms with E-state index < -0.39 is 28.8 Å². The number of halogens is 2. The fourth-order valence-corrected chi connectivity index (χ4v) is 3.73. The molecule has 0 saturated heterocycles. The number of nitrogens with zero attached hydrogens (tertiary/aromatic N) is 3. The van der Waals surface area contributed by atoms with Crippen LogP contribution in [-0.4, -0.2) is 38.0 Å². The van der Waals surface area contributed by atoms with Gasteiger partial charge in [0.2, 0.25) is 5.91 Å². The number of amides is 3. The van der Waals surface area contributed by atoms with Crippen LogP contribution in [0.5, 0.6) is 0 Å². The summed E-state index contributed by atoms with van der Waals surface area (Å²) in [5.74, 6) is -1.68. The minimum Gasteiger partial charge on any atom is -0.335 e. The van der Waals surface area contributed by atoms with E-state index in [9.17, 15) is 18.4 Å². The number of rotatable bonds is 6. The Balaban J connectivity index is 1.63. The molecule has 1 heterocycles. The highest BCUT2D eigenvalue weighted by molar-refractivity contribution is 8.00. The lowest BCUT2D eigenvalue weighted by Crippen LogP contribution is -2.43. The number of aromatic nitrogens is 3. The highest BCUT2D eigenvalue weighted by Gasteiger charge is 2.27. The molecular formula is C21H19F2N5O2S. The molecule has 1 aromatic heterocycles. The molecular weight excluding hydrogens is 424 g/mol. The molecule has 1 fully saturated rings. The summed E-state index contributed by atoms with van der Waals surface area (Å²) in [6, 6.07) is 11.8. The smallest absolute Gasteiger partial charge is 0.321 e. The minimum atomic E-state index is -0.792. The zero-order chi connectivity index (χ0) is 22.0. The molecule has 31 heavy (non-hydrogen) atoms. The van der Waals surface area contributed by atoms with Crippen molar-refractivity contribution >= 4 is 23.7 Å². The van der Waals surface area contributed by atoms with Gasteiger partial charge < -0.3 is 5.32 Å². The second kappa shape index (κ2) is 8.84. The Labute approximate surface area is 181 Å². The SMILES string of the molecule is C[C@@H](Sc1nnc(-c2ccccc2)n1-c1ccc(F)cc1F)C(=O)NC(=O)NC1CC1. The molecule has 10 heteroatoms. The molecule has 3 aromatic rings. The van der Waals surface area contributed by atoms with E-state index in [0.717, 1.165) is 36.7 Å². The fourth-order valence-electron chi connectivity index (χ4n) is 2.87. The molecule has 2 aromatic carbocycles. The molecule has 3 amide bonds. The number of carbonyl (C=O) groups excluding carboxylic acids is 2. The highest BCUT2D eigenvalue weighted by Crippen LogP contribution is 2.31. The molecule has 4 rings (SSSR count). The zero-order valence-corrected chi connectivity index (χ0v) is 17.3. The van der Waals surface area contributed by atoms with Crippen molar-refractivity contribution in [3.63, 3.8) is 0 Å². The van der Waals surface area contributed by atoms with E-state index in [-0.39, 0.29) is 16.9 Å². The molecule has 1 saturated carbocycles. The molecule has 0 bridgehead atoms. The normalized spacial score (nSPS) is 14.2. The monoisotopic (exact) mass is 443 g/mol. The van der Waals surface area contributed by atoms with Gasteiger partial charge in [-0.1, -0.05) is 42.1 Å². The number of thioether (sulfide) groups is 1. The van der Waals surface area contributed by atoms with Crippen molar-refractivity contribution in [2.24, 2.45) is 0 Å². The highest BCUT2D eigenvalue weighted by atomic mass is 32.2. The van der Waals surface area contributed by atoms with E-state index >= 15 is 0 Å². The van der Waals surface area contributed by atoms with Gasteiger partial charge in [0.25, 0.3) is 0 Å². The first-order valence-electron chi connectivity index (χ1n) is 9.66. The van der Waals surface area contributed by atoms with Crippen LogP contribution >= 0.6 is 11.8 Å². The first-order valence-corrected chi connectivity index (χ1v) is 10.5. The van der Waals surface area contributed by atoms with E-state index in [2.05, 4.69) is 20.8 Å². The predicted molar refractivity (Wildman–Crippen MR) is 112 cm³/mol. The van der Waals surface area contributed by atoms with Gasteiger partial charge in [-0.3, -0.25) is 14.7 Å². The molecule has 0 aliphatic heterocycles. The molecule has 0 radical (unpaired) electrons. The van der Waals surface area contributed by atoms with Gasteiger partial charge in [0, 0.05) is 17.7 Å². The van der Waals surface area contributed by atoms with Crippen LogP contribution < -0.4 is 10.6 Å². The van der Waals surface area contributed by atoms with Gasteiger partial charge in [-0.25, -0.2) is 13.6 Å². The summed E-state index contributed by atoms with van der Waals surface area (Å²) in [6.45, 7) is 1.60. The molecule has 1 atom stereocenters. The summed E-state index contributed by atoms with van der Waals surface area (Å²) in [7, 11) is 0. The van der Waals surface area contributed by atoms with Gasteiger partial charge in [0.1, 0.15) is 11.6 Å². The lowest BCUT2D eigenvalue weighted by atomic mass is 10.2. The summed E-state index contributed by atoms with van der Waals surface area (Å²) in [5.41, 5.74) is 0.721. The van der Waals surface area contributed by atoms with E-state index in [0.29, 0.717) is 11.4 Å². The van der Waals surface area contributed by atoms with Crippen LogP contribution in [0.4, 0.5) is 13.6 Å². The number of carbonyl (C=O) groups is 2. The fraction of sp³-hybridized carbons (Fsp3) is 0.238. The average molecular weight is 443 g/mol. The lowest BCUT2D eigenvalue weighted by molar-refractivity contribution is -0.119. The Kier molecular flexibility index (Phi) is 5.99. The van der Waals surface area contributed by atoms with Gasteiger partial charge in [0.15, 0.2) is 11.0 Å². The summed E-state index contributed by atoms with van der Waals surface area (Å²) in [5, 5.41) is 12.8. The van der Waals surface area contributed by atoms with Crippen LogP contribution in [0, 0.1) is 11.6 Å². The number of nitrogens with one attached hydrogen (secondary N) is 2. The number of benzene rings is 2. The molecule has 0 spiro atoms. The van der Waals surface area contributed by atoms with E-state index in [4.69, 9.17) is 0 Å². The summed E-state index contributed by atoms with van der Waals surface area (Å²) in [6.07, 6.45) is 1.81. The Morgan fingerprint density at radius 3 is 2.55 bits per heavy atom. The lowest BCUT2D eigenvalue weighted by Gasteiger charge is -2.14. The quantitative estimate of drug-likeness (QED) is 0.568. The first kappa shape index (κ1) is 21.0. The van der Waals surface area contributed by atoms with E-state index in [1.807, 2.05) is 6.07 Å². The molecule has 2 N–H and O–H groups in total. The number of hydrogen-bond acceptors (Lipinski definition) is 5.